The molecule has 0 radical (unpaired) electrons. The van der Waals surface area contributed by atoms with Crippen molar-refractivity contribution in [3.63, 3.8) is 0 Å². The third-order valence-corrected chi connectivity index (χ3v) is 2.01. The average molecular weight is 183 g/mol. The van der Waals surface area contributed by atoms with E-state index < -0.39 is 6.10 Å². The van der Waals surface area contributed by atoms with Crippen LogP contribution in [0.15, 0.2) is 36.4 Å². The molecular weight excluding hydrogens is 172 g/mol. The van der Waals surface area contributed by atoms with Crippen LogP contribution < -0.4 is 0 Å². The van der Waals surface area contributed by atoms with E-state index in [4.69, 9.17) is 11.6 Å². The molecule has 1 rings (SSSR count). The Balaban J connectivity index is 3.02. The average Bonchev–Trinajstić information content (AvgIpc) is 2.04. The van der Waals surface area contributed by atoms with E-state index in [-0.39, 0.29) is 0 Å². The SMILES string of the molecule is C=C(C)C(O)c1ccccc1Cl. The van der Waals surface area contributed by atoms with E-state index >= 15 is 0 Å². The molecule has 2 heteroatoms. The van der Waals surface area contributed by atoms with E-state index in [0.717, 1.165) is 0 Å². The first-order valence-corrected chi connectivity index (χ1v) is 4.08. The third-order valence-electron chi connectivity index (χ3n) is 1.67. The van der Waals surface area contributed by atoms with Gasteiger partial charge in [-0.3, -0.25) is 0 Å². The smallest absolute Gasteiger partial charge is 0.101 e. The minimum absolute atomic E-state index is 0.577. The molecule has 1 aromatic carbocycles. The first-order chi connectivity index (χ1) is 5.63. The second-order valence-electron chi connectivity index (χ2n) is 2.77. The van der Waals surface area contributed by atoms with Gasteiger partial charge in [0.25, 0.3) is 0 Å². The molecule has 0 heterocycles. The Labute approximate surface area is 77.3 Å². The molecule has 12 heavy (non-hydrogen) atoms. The summed E-state index contributed by atoms with van der Waals surface area (Å²) in [6, 6.07) is 7.22. The summed E-state index contributed by atoms with van der Waals surface area (Å²) in [6.07, 6.45) is -0.654. The lowest BCUT2D eigenvalue weighted by Crippen LogP contribution is -1.98. The Morgan fingerprint density at radius 3 is 2.58 bits per heavy atom. The van der Waals surface area contributed by atoms with Crippen LogP contribution in [0, 0.1) is 0 Å². The van der Waals surface area contributed by atoms with Crippen molar-refractivity contribution in [1.29, 1.82) is 0 Å². The molecule has 0 bridgehead atoms. The largest absolute Gasteiger partial charge is 0.384 e. The maximum Gasteiger partial charge on any atom is 0.101 e. The first-order valence-electron chi connectivity index (χ1n) is 3.71. The van der Waals surface area contributed by atoms with Crippen LogP contribution >= 0.6 is 11.6 Å². The summed E-state index contributed by atoms with van der Waals surface area (Å²) in [5, 5.41) is 10.2. The van der Waals surface area contributed by atoms with Gasteiger partial charge in [0.05, 0.1) is 0 Å². The van der Waals surface area contributed by atoms with Crippen molar-refractivity contribution in [2.45, 2.75) is 13.0 Å². The van der Waals surface area contributed by atoms with Crippen molar-refractivity contribution in [3.05, 3.63) is 47.0 Å². The maximum atomic E-state index is 9.59. The monoisotopic (exact) mass is 182 g/mol. The summed E-state index contributed by atoms with van der Waals surface area (Å²) in [7, 11) is 0. The molecule has 0 aromatic heterocycles. The van der Waals surface area contributed by atoms with E-state index in [1.807, 2.05) is 12.1 Å². The highest BCUT2D eigenvalue weighted by atomic mass is 35.5. The lowest BCUT2D eigenvalue weighted by atomic mass is 10.0. The second-order valence-corrected chi connectivity index (χ2v) is 3.18. The second kappa shape index (κ2) is 3.74. The summed E-state index contributed by atoms with van der Waals surface area (Å²) in [6.45, 7) is 5.44. The number of halogens is 1. The zero-order valence-corrected chi connectivity index (χ0v) is 7.67. The van der Waals surface area contributed by atoms with E-state index in [0.29, 0.717) is 16.2 Å². The van der Waals surface area contributed by atoms with Gasteiger partial charge in [-0.25, -0.2) is 0 Å². The predicted molar refractivity (Wildman–Crippen MR) is 51.2 cm³/mol. The zero-order chi connectivity index (χ0) is 9.14. The van der Waals surface area contributed by atoms with Gasteiger partial charge in [-0.05, 0) is 18.6 Å². The van der Waals surface area contributed by atoms with Crippen LogP contribution in [0.25, 0.3) is 0 Å². The van der Waals surface area contributed by atoms with Crippen LogP contribution in [-0.4, -0.2) is 5.11 Å². The molecule has 0 saturated carbocycles. The number of hydrogen-bond donors (Lipinski definition) is 1. The number of aliphatic hydroxyl groups excluding tert-OH is 1. The fourth-order valence-corrected chi connectivity index (χ4v) is 1.20. The Morgan fingerprint density at radius 1 is 1.50 bits per heavy atom. The first kappa shape index (κ1) is 9.30. The van der Waals surface area contributed by atoms with Crippen molar-refractivity contribution in [3.8, 4) is 0 Å². The summed E-state index contributed by atoms with van der Waals surface area (Å²) in [5.74, 6) is 0. The van der Waals surface area contributed by atoms with Gasteiger partial charge in [0.15, 0.2) is 0 Å². The molecule has 0 aliphatic heterocycles. The predicted octanol–water partition coefficient (Wildman–Crippen LogP) is 2.95. The molecule has 0 spiro atoms. The van der Waals surface area contributed by atoms with Crippen LogP contribution in [-0.2, 0) is 0 Å². The molecule has 0 saturated heterocycles. The summed E-state index contributed by atoms with van der Waals surface area (Å²) in [4.78, 5) is 0. The summed E-state index contributed by atoms with van der Waals surface area (Å²) < 4.78 is 0. The third kappa shape index (κ3) is 1.87. The maximum absolute atomic E-state index is 9.59. The van der Waals surface area contributed by atoms with Crippen LogP contribution in [0.3, 0.4) is 0 Å². The van der Waals surface area contributed by atoms with Crippen molar-refractivity contribution in [2.24, 2.45) is 0 Å². The van der Waals surface area contributed by atoms with Crippen LogP contribution in [0.1, 0.15) is 18.6 Å². The number of aliphatic hydroxyl groups is 1. The molecule has 1 N–H and O–H groups in total. The highest BCUT2D eigenvalue weighted by Crippen LogP contribution is 2.26. The Morgan fingerprint density at radius 2 is 2.08 bits per heavy atom. The van der Waals surface area contributed by atoms with E-state index in [1.54, 1.807) is 19.1 Å². The van der Waals surface area contributed by atoms with Gasteiger partial charge in [-0.15, -0.1) is 0 Å². The van der Waals surface area contributed by atoms with Gasteiger partial charge in [0.1, 0.15) is 6.10 Å². The van der Waals surface area contributed by atoms with Gasteiger partial charge in [-0.2, -0.15) is 0 Å². The van der Waals surface area contributed by atoms with Crippen LogP contribution in [0.5, 0.6) is 0 Å². The molecule has 1 unspecified atom stereocenters. The fourth-order valence-electron chi connectivity index (χ4n) is 0.962. The number of hydrogen-bond acceptors (Lipinski definition) is 1. The molecule has 1 atom stereocenters. The molecule has 1 aromatic rings. The van der Waals surface area contributed by atoms with Gasteiger partial charge in [0.2, 0.25) is 0 Å². The lowest BCUT2D eigenvalue weighted by Gasteiger charge is -2.11. The Bertz CT molecular complexity index is 294. The van der Waals surface area contributed by atoms with E-state index in [2.05, 4.69) is 6.58 Å². The molecular formula is C10H11ClO. The van der Waals surface area contributed by atoms with Gasteiger partial charge >= 0.3 is 0 Å². The minimum Gasteiger partial charge on any atom is -0.384 e. The van der Waals surface area contributed by atoms with Gasteiger partial charge in [-0.1, -0.05) is 36.4 Å². The van der Waals surface area contributed by atoms with Crippen molar-refractivity contribution in [2.75, 3.05) is 0 Å². The molecule has 64 valence electrons. The quantitative estimate of drug-likeness (QED) is 0.698. The number of rotatable bonds is 2. The topological polar surface area (TPSA) is 20.2 Å². The lowest BCUT2D eigenvalue weighted by molar-refractivity contribution is 0.216. The van der Waals surface area contributed by atoms with Crippen molar-refractivity contribution >= 4 is 11.6 Å². The zero-order valence-electron chi connectivity index (χ0n) is 6.92. The molecule has 1 nitrogen and oxygen atoms in total. The summed E-state index contributed by atoms with van der Waals surface area (Å²) >= 11 is 5.86. The van der Waals surface area contributed by atoms with Crippen LogP contribution in [0.4, 0.5) is 0 Å². The molecule has 0 aliphatic carbocycles. The standard InChI is InChI=1S/C10H11ClO/c1-7(2)10(12)8-5-3-4-6-9(8)11/h3-6,10,12H,1H2,2H3. The molecule has 0 fully saturated rings. The van der Waals surface area contributed by atoms with E-state index in [1.165, 1.54) is 0 Å². The highest BCUT2D eigenvalue weighted by Gasteiger charge is 2.10. The summed E-state index contributed by atoms with van der Waals surface area (Å²) in [5.41, 5.74) is 1.41. The Kier molecular flexibility index (Phi) is 2.90. The van der Waals surface area contributed by atoms with E-state index in [9.17, 15) is 5.11 Å². The van der Waals surface area contributed by atoms with Gasteiger partial charge < -0.3 is 5.11 Å². The van der Waals surface area contributed by atoms with Crippen molar-refractivity contribution < 1.29 is 5.11 Å². The highest BCUT2D eigenvalue weighted by molar-refractivity contribution is 6.31. The molecule has 0 amide bonds. The fraction of sp³-hybridized carbons (Fsp3) is 0.200. The van der Waals surface area contributed by atoms with Gasteiger partial charge in [0, 0.05) is 10.6 Å². The molecule has 0 aliphatic rings. The van der Waals surface area contributed by atoms with Crippen molar-refractivity contribution in [1.82, 2.24) is 0 Å². The Hall–Kier alpha value is -0.790. The minimum atomic E-state index is -0.654. The normalized spacial score (nSPS) is 12.6. The number of benzene rings is 1. The van der Waals surface area contributed by atoms with Crippen LogP contribution in [0.2, 0.25) is 5.02 Å².